The van der Waals surface area contributed by atoms with E-state index in [0.717, 1.165) is 14.2 Å². The van der Waals surface area contributed by atoms with Gasteiger partial charge in [-0.05, 0) is 17.9 Å². The third-order valence-electron chi connectivity index (χ3n) is 1.81. The van der Waals surface area contributed by atoms with E-state index >= 15 is 0 Å². The first kappa shape index (κ1) is 13.4. The summed E-state index contributed by atoms with van der Waals surface area (Å²) in [6.45, 7) is 0. The maximum Gasteiger partial charge on any atom is 0.175 e. The highest BCUT2D eigenvalue weighted by atomic mass is 35.5. The Morgan fingerprint density at radius 2 is 2.00 bits per heavy atom. The van der Waals surface area contributed by atoms with Crippen molar-refractivity contribution in [2.24, 2.45) is 0 Å². The third kappa shape index (κ3) is 3.72. The largest absolute Gasteiger partial charge is 0.224 e. The molecule has 0 unspecified atom stereocenters. The Balaban J connectivity index is 2.02. The molecule has 0 aromatic carbocycles. The Kier molecular flexibility index (Phi) is 4.93. The minimum absolute atomic E-state index is 0.407. The number of aromatic nitrogens is 3. The van der Waals surface area contributed by atoms with Gasteiger partial charge in [0.1, 0.15) is 10.3 Å². The van der Waals surface area contributed by atoms with Gasteiger partial charge in [0.25, 0.3) is 0 Å². The molecule has 2 heterocycles. The lowest BCUT2D eigenvalue weighted by Crippen LogP contribution is -1.86. The molecular formula is C9H7Cl2N3S3. The Labute approximate surface area is 121 Å². The minimum Gasteiger partial charge on any atom is -0.224 e. The van der Waals surface area contributed by atoms with E-state index in [-0.39, 0.29) is 0 Å². The number of halogens is 2. The lowest BCUT2D eigenvalue weighted by Gasteiger charge is -2.01. The van der Waals surface area contributed by atoms with Crippen LogP contribution in [-0.2, 0) is 5.75 Å². The van der Waals surface area contributed by atoms with Gasteiger partial charge in [0.15, 0.2) is 8.68 Å². The Morgan fingerprint density at radius 3 is 2.65 bits per heavy atom. The van der Waals surface area contributed by atoms with Crippen molar-refractivity contribution in [1.29, 1.82) is 0 Å². The Hall–Kier alpha value is -0.0100. The number of thioether (sulfide) groups is 2. The molecule has 2 aromatic heterocycles. The van der Waals surface area contributed by atoms with Gasteiger partial charge in [0, 0.05) is 5.75 Å². The highest BCUT2D eigenvalue weighted by Gasteiger charge is 2.07. The summed E-state index contributed by atoms with van der Waals surface area (Å²) in [5, 5.41) is 8.95. The van der Waals surface area contributed by atoms with Crippen LogP contribution in [0.1, 0.15) is 5.56 Å². The fraction of sp³-hybridized carbons (Fsp3) is 0.222. The lowest BCUT2D eigenvalue weighted by molar-refractivity contribution is 0.955. The zero-order chi connectivity index (χ0) is 12.3. The summed E-state index contributed by atoms with van der Waals surface area (Å²) in [5.74, 6) is 0.714. The van der Waals surface area contributed by atoms with Crippen molar-refractivity contribution < 1.29 is 0 Å². The molecule has 0 amide bonds. The summed E-state index contributed by atoms with van der Waals surface area (Å²) < 4.78 is 1.90. The predicted molar refractivity (Wildman–Crippen MR) is 75.5 cm³/mol. The Bertz CT molecular complexity index is 518. The van der Waals surface area contributed by atoms with Gasteiger partial charge in [-0.1, -0.05) is 64.1 Å². The maximum atomic E-state index is 5.98. The molecule has 8 heteroatoms. The second-order valence-electron chi connectivity index (χ2n) is 2.91. The summed E-state index contributed by atoms with van der Waals surface area (Å²) >= 11 is 16.5. The average molecular weight is 324 g/mol. The molecule has 0 N–H and O–H groups in total. The third-order valence-corrected chi connectivity index (χ3v) is 5.42. The molecule has 0 atom stereocenters. The summed E-state index contributed by atoms with van der Waals surface area (Å²) in [6.07, 6.45) is 1.98. The van der Waals surface area contributed by atoms with Gasteiger partial charge in [-0.3, -0.25) is 0 Å². The van der Waals surface area contributed by atoms with E-state index in [1.165, 1.54) is 0 Å². The van der Waals surface area contributed by atoms with Gasteiger partial charge in [-0.15, -0.1) is 10.2 Å². The van der Waals surface area contributed by atoms with Gasteiger partial charge in [-0.25, -0.2) is 4.98 Å². The molecule has 0 aliphatic rings. The first-order chi connectivity index (χ1) is 8.19. The Morgan fingerprint density at radius 1 is 1.24 bits per heavy atom. The number of pyridine rings is 1. The van der Waals surface area contributed by atoms with E-state index in [4.69, 9.17) is 23.2 Å². The van der Waals surface area contributed by atoms with Crippen molar-refractivity contribution in [1.82, 2.24) is 15.2 Å². The van der Waals surface area contributed by atoms with E-state index in [1.807, 2.05) is 12.3 Å². The fourth-order valence-corrected chi connectivity index (χ4v) is 3.94. The molecule has 2 rings (SSSR count). The van der Waals surface area contributed by atoms with E-state index in [0.29, 0.717) is 16.1 Å². The van der Waals surface area contributed by atoms with Gasteiger partial charge in [-0.2, -0.15) is 0 Å². The van der Waals surface area contributed by atoms with Crippen LogP contribution in [0.4, 0.5) is 0 Å². The van der Waals surface area contributed by atoms with Gasteiger partial charge >= 0.3 is 0 Å². The van der Waals surface area contributed by atoms with Crippen LogP contribution in [-0.4, -0.2) is 21.4 Å². The molecule has 3 nitrogen and oxygen atoms in total. The summed E-state index contributed by atoms with van der Waals surface area (Å²) in [4.78, 5) is 3.99. The van der Waals surface area contributed by atoms with Crippen LogP contribution >= 0.6 is 58.1 Å². The van der Waals surface area contributed by atoms with Gasteiger partial charge in [0.2, 0.25) is 0 Å². The zero-order valence-corrected chi connectivity index (χ0v) is 12.6. The normalized spacial score (nSPS) is 10.8. The molecule has 17 heavy (non-hydrogen) atoms. The van der Waals surface area contributed by atoms with Crippen molar-refractivity contribution in [2.75, 3.05) is 6.26 Å². The van der Waals surface area contributed by atoms with Crippen LogP contribution in [0.5, 0.6) is 0 Å². The highest BCUT2D eigenvalue weighted by Crippen LogP contribution is 2.31. The molecule has 0 radical (unpaired) electrons. The van der Waals surface area contributed by atoms with Crippen LogP contribution in [0.3, 0.4) is 0 Å². The monoisotopic (exact) mass is 323 g/mol. The smallest absolute Gasteiger partial charge is 0.175 e. The van der Waals surface area contributed by atoms with Gasteiger partial charge in [0.05, 0.1) is 0 Å². The molecule has 0 spiro atoms. The molecule has 90 valence electrons. The lowest BCUT2D eigenvalue weighted by atomic mass is 10.3. The second-order valence-corrected chi connectivity index (χ2v) is 6.91. The molecule has 0 aliphatic heterocycles. The van der Waals surface area contributed by atoms with Crippen LogP contribution in [0, 0.1) is 0 Å². The van der Waals surface area contributed by atoms with E-state index in [2.05, 4.69) is 15.2 Å². The molecule has 0 aliphatic carbocycles. The van der Waals surface area contributed by atoms with Crippen LogP contribution in [0.25, 0.3) is 0 Å². The topological polar surface area (TPSA) is 38.7 Å². The van der Waals surface area contributed by atoms with Crippen LogP contribution in [0.15, 0.2) is 20.8 Å². The fourth-order valence-electron chi connectivity index (χ4n) is 1.03. The number of hydrogen-bond donors (Lipinski definition) is 0. The maximum absolute atomic E-state index is 5.98. The van der Waals surface area contributed by atoms with Gasteiger partial charge < -0.3 is 0 Å². The van der Waals surface area contributed by atoms with Crippen LogP contribution < -0.4 is 0 Å². The summed E-state index contributed by atoms with van der Waals surface area (Å²) in [6, 6.07) is 3.61. The van der Waals surface area contributed by atoms with Crippen molar-refractivity contribution in [3.05, 3.63) is 28.0 Å². The molecule has 0 saturated heterocycles. The minimum atomic E-state index is 0.407. The molecule has 0 fully saturated rings. The van der Waals surface area contributed by atoms with Crippen molar-refractivity contribution >= 4 is 58.1 Å². The first-order valence-corrected chi connectivity index (χ1v) is 8.28. The number of rotatable bonds is 4. The van der Waals surface area contributed by atoms with Crippen molar-refractivity contribution in [3.63, 3.8) is 0 Å². The average Bonchev–Trinajstić information content (AvgIpc) is 2.76. The summed E-state index contributed by atoms with van der Waals surface area (Å²) in [5.41, 5.74) is 0.946. The highest BCUT2D eigenvalue weighted by molar-refractivity contribution is 8.02. The van der Waals surface area contributed by atoms with Crippen molar-refractivity contribution in [2.45, 2.75) is 14.4 Å². The SMILES string of the molecule is CSc1nnc(SCc2ccc(Cl)nc2Cl)s1. The quantitative estimate of drug-likeness (QED) is 0.621. The van der Waals surface area contributed by atoms with Crippen LogP contribution in [0.2, 0.25) is 10.3 Å². The molecule has 2 aromatic rings. The van der Waals surface area contributed by atoms with E-state index in [1.54, 1.807) is 40.9 Å². The number of hydrogen-bond acceptors (Lipinski definition) is 6. The van der Waals surface area contributed by atoms with E-state index in [9.17, 15) is 0 Å². The molecule has 0 bridgehead atoms. The second kappa shape index (κ2) is 6.24. The molecule has 0 saturated carbocycles. The summed E-state index contributed by atoms with van der Waals surface area (Å²) in [7, 11) is 0. The predicted octanol–water partition coefficient (Wildman–Crippen LogP) is 4.25. The van der Waals surface area contributed by atoms with E-state index < -0.39 is 0 Å². The zero-order valence-electron chi connectivity index (χ0n) is 8.68. The van der Waals surface area contributed by atoms with Crippen molar-refractivity contribution in [3.8, 4) is 0 Å². The first-order valence-electron chi connectivity index (χ1n) is 4.50. The standard InChI is InChI=1S/C9H7Cl2N3S3/c1-15-8-13-14-9(17-8)16-4-5-2-3-6(10)12-7(5)11/h2-3H,4H2,1H3. The molecular weight excluding hydrogens is 317 g/mol. The number of nitrogens with zero attached hydrogens (tertiary/aromatic N) is 3.